The smallest absolute Gasteiger partial charge is 0.159 e. The van der Waals surface area contributed by atoms with Crippen LogP contribution < -0.4 is 0 Å². The number of rotatable bonds is 2. The highest BCUT2D eigenvalue weighted by molar-refractivity contribution is 5.55. The molecule has 0 amide bonds. The fourth-order valence-electron chi connectivity index (χ4n) is 1.36. The van der Waals surface area contributed by atoms with Gasteiger partial charge in [-0.25, -0.2) is 9.97 Å². The van der Waals surface area contributed by atoms with Crippen molar-refractivity contribution in [1.82, 2.24) is 9.97 Å². The molecule has 0 aliphatic rings. The highest BCUT2D eigenvalue weighted by Crippen LogP contribution is 2.18. The summed E-state index contributed by atoms with van der Waals surface area (Å²) in [5.41, 5.74) is 1.59. The second-order valence-electron chi connectivity index (χ2n) is 3.26. The molecule has 1 aromatic carbocycles. The highest BCUT2D eigenvalue weighted by Gasteiger charge is 2.04. The summed E-state index contributed by atoms with van der Waals surface area (Å²) in [6.45, 7) is 0. The van der Waals surface area contributed by atoms with E-state index in [4.69, 9.17) is 6.42 Å². The molecule has 0 fully saturated rings. The molecule has 16 heavy (non-hydrogen) atoms. The van der Waals surface area contributed by atoms with Gasteiger partial charge in [-0.3, -0.25) is 0 Å². The quantitative estimate of drug-likeness (QED) is 0.769. The summed E-state index contributed by atoms with van der Waals surface area (Å²) < 4.78 is 0. The van der Waals surface area contributed by atoms with Crippen molar-refractivity contribution in [3.63, 3.8) is 0 Å². The molecule has 0 saturated carbocycles. The standard InChI is InChI=1S/C13H10N2O/c1-2-12(16)10-4-6-11(7-5-10)13-14-8-3-9-15-13/h1,3-9,12,16H. The molecule has 2 rings (SSSR count). The lowest BCUT2D eigenvalue weighted by Gasteiger charge is -2.04. The van der Waals surface area contributed by atoms with Gasteiger partial charge in [0.05, 0.1) is 0 Å². The first-order valence-corrected chi connectivity index (χ1v) is 4.83. The van der Waals surface area contributed by atoms with Crippen LogP contribution in [0.15, 0.2) is 42.7 Å². The number of hydrogen-bond donors (Lipinski definition) is 1. The summed E-state index contributed by atoms with van der Waals surface area (Å²) in [5, 5.41) is 9.42. The van der Waals surface area contributed by atoms with Crippen LogP contribution in [0, 0.1) is 12.3 Å². The zero-order valence-electron chi connectivity index (χ0n) is 8.54. The van der Waals surface area contributed by atoms with Crippen LogP contribution in [0.3, 0.4) is 0 Å². The van der Waals surface area contributed by atoms with E-state index in [2.05, 4.69) is 15.9 Å². The summed E-state index contributed by atoms with van der Waals surface area (Å²) in [4.78, 5) is 8.26. The van der Waals surface area contributed by atoms with E-state index in [1.54, 1.807) is 30.6 Å². The number of benzene rings is 1. The number of aliphatic hydroxyl groups excluding tert-OH is 1. The summed E-state index contributed by atoms with van der Waals surface area (Å²) in [6, 6.07) is 8.99. The minimum absolute atomic E-state index is 0.657. The molecule has 1 heterocycles. The van der Waals surface area contributed by atoms with Gasteiger partial charge in [0.25, 0.3) is 0 Å². The van der Waals surface area contributed by atoms with Gasteiger partial charge in [0.2, 0.25) is 0 Å². The van der Waals surface area contributed by atoms with Crippen LogP contribution in [0.5, 0.6) is 0 Å². The van der Waals surface area contributed by atoms with Gasteiger partial charge in [-0.2, -0.15) is 0 Å². The first kappa shape index (κ1) is 10.3. The average molecular weight is 210 g/mol. The van der Waals surface area contributed by atoms with Crippen LogP contribution in [0.2, 0.25) is 0 Å². The molecule has 0 aliphatic heterocycles. The van der Waals surface area contributed by atoms with Gasteiger partial charge in [0, 0.05) is 18.0 Å². The molecule has 1 N–H and O–H groups in total. The van der Waals surface area contributed by atoms with Gasteiger partial charge in [-0.15, -0.1) is 6.42 Å². The van der Waals surface area contributed by atoms with Gasteiger partial charge in [0.1, 0.15) is 6.10 Å². The van der Waals surface area contributed by atoms with Crippen molar-refractivity contribution in [1.29, 1.82) is 0 Å². The molecule has 0 spiro atoms. The molecule has 1 unspecified atom stereocenters. The van der Waals surface area contributed by atoms with Crippen LogP contribution in [0.25, 0.3) is 11.4 Å². The molecular formula is C13H10N2O. The SMILES string of the molecule is C#CC(O)c1ccc(-c2ncccn2)cc1. The number of aliphatic hydroxyl groups is 1. The van der Waals surface area contributed by atoms with E-state index in [0.29, 0.717) is 11.4 Å². The Bertz CT molecular complexity index is 500. The Labute approximate surface area is 93.8 Å². The lowest BCUT2D eigenvalue weighted by Crippen LogP contribution is -1.93. The van der Waals surface area contributed by atoms with Crippen molar-refractivity contribution < 1.29 is 5.11 Å². The molecule has 0 bridgehead atoms. The molecule has 0 radical (unpaired) electrons. The van der Waals surface area contributed by atoms with Crippen molar-refractivity contribution >= 4 is 0 Å². The van der Waals surface area contributed by atoms with E-state index in [9.17, 15) is 5.11 Å². The number of aromatic nitrogens is 2. The molecule has 0 aliphatic carbocycles. The lowest BCUT2D eigenvalue weighted by atomic mass is 10.1. The third-order valence-corrected chi connectivity index (χ3v) is 2.21. The average Bonchev–Trinajstić information content (AvgIpc) is 2.39. The monoisotopic (exact) mass is 210 g/mol. The lowest BCUT2D eigenvalue weighted by molar-refractivity contribution is 0.238. The highest BCUT2D eigenvalue weighted by atomic mass is 16.3. The van der Waals surface area contributed by atoms with E-state index in [1.807, 2.05) is 12.1 Å². The fraction of sp³-hybridized carbons (Fsp3) is 0.0769. The minimum Gasteiger partial charge on any atom is -0.376 e. The van der Waals surface area contributed by atoms with Crippen molar-refractivity contribution in [2.24, 2.45) is 0 Å². The third-order valence-electron chi connectivity index (χ3n) is 2.21. The van der Waals surface area contributed by atoms with E-state index in [1.165, 1.54) is 0 Å². The molecule has 1 aromatic heterocycles. The van der Waals surface area contributed by atoms with E-state index in [-0.39, 0.29) is 0 Å². The zero-order chi connectivity index (χ0) is 11.4. The zero-order valence-corrected chi connectivity index (χ0v) is 8.54. The van der Waals surface area contributed by atoms with Crippen LogP contribution in [0.1, 0.15) is 11.7 Å². The van der Waals surface area contributed by atoms with E-state index in [0.717, 1.165) is 5.56 Å². The molecule has 0 saturated heterocycles. The molecule has 2 aromatic rings. The normalized spacial score (nSPS) is 11.8. The molecular weight excluding hydrogens is 200 g/mol. The first-order chi connectivity index (χ1) is 7.81. The summed E-state index contributed by atoms with van der Waals surface area (Å²) in [7, 11) is 0. The maximum Gasteiger partial charge on any atom is 0.159 e. The third kappa shape index (κ3) is 2.08. The Morgan fingerprint density at radius 2 is 1.75 bits per heavy atom. The Kier molecular flexibility index (Phi) is 2.95. The van der Waals surface area contributed by atoms with Gasteiger partial charge in [0.15, 0.2) is 5.82 Å². The Morgan fingerprint density at radius 1 is 1.12 bits per heavy atom. The van der Waals surface area contributed by atoms with Crippen molar-refractivity contribution in [3.05, 3.63) is 48.3 Å². The molecule has 3 nitrogen and oxygen atoms in total. The van der Waals surface area contributed by atoms with Crippen LogP contribution in [-0.2, 0) is 0 Å². The largest absolute Gasteiger partial charge is 0.376 e. The maximum atomic E-state index is 9.42. The van der Waals surface area contributed by atoms with Crippen LogP contribution >= 0.6 is 0 Å². The van der Waals surface area contributed by atoms with E-state index < -0.39 is 6.10 Å². The van der Waals surface area contributed by atoms with Crippen molar-refractivity contribution in [2.75, 3.05) is 0 Å². The summed E-state index contributed by atoms with van der Waals surface area (Å²) in [5.74, 6) is 2.92. The Balaban J connectivity index is 2.31. The van der Waals surface area contributed by atoms with Gasteiger partial charge < -0.3 is 5.11 Å². The summed E-state index contributed by atoms with van der Waals surface area (Å²) in [6.07, 6.45) is 7.65. The van der Waals surface area contributed by atoms with Gasteiger partial charge >= 0.3 is 0 Å². The maximum absolute atomic E-state index is 9.42. The topological polar surface area (TPSA) is 46.0 Å². The second kappa shape index (κ2) is 4.56. The molecule has 1 atom stereocenters. The number of hydrogen-bond acceptors (Lipinski definition) is 3. The Morgan fingerprint density at radius 3 is 2.31 bits per heavy atom. The number of terminal acetylenes is 1. The predicted octanol–water partition coefficient (Wildman–Crippen LogP) is 1.81. The van der Waals surface area contributed by atoms with Gasteiger partial charge in [-0.05, 0) is 11.6 Å². The van der Waals surface area contributed by atoms with Crippen molar-refractivity contribution in [2.45, 2.75) is 6.10 Å². The van der Waals surface area contributed by atoms with Crippen molar-refractivity contribution in [3.8, 4) is 23.7 Å². The summed E-state index contributed by atoms with van der Waals surface area (Å²) >= 11 is 0. The number of nitrogens with zero attached hydrogens (tertiary/aromatic N) is 2. The molecule has 3 heteroatoms. The van der Waals surface area contributed by atoms with Crippen LogP contribution in [0.4, 0.5) is 0 Å². The van der Waals surface area contributed by atoms with Crippen LogP contribution in [-0.4, -0.2) is 15.1 Å². The second-order valence-corrected chi connectivity index (χ2v) is 3.26. The van der Waals surface area contributed by atoms with Gasteiger partial charge in [-0.1, -0.05) is 30.2 Å². The Hall–Kier alpha value is -2.18. The predicted molar refractivity (Wildman–Crippen MR) is 61.3 cm³/mol. The first-order valence-electron chi connectivity index (χ1n) is 4.83. The molecule has 78 valence electrons. The minimum atomic E-state index is -0.856. The fourth-order valence-corrected chi connectivity index (χ4v) is 1.36. The van der Waals surface area contributed by atoms with E-state index >= 15 is 0 Å².